The number of nitrogens with one attached hydrogen (secondary N) is 1. The molecule has 3 N–H and O–H groups in total. The third-order valence-electron chi connectivity index (χ3n) is 2.95. The van der Waals surface area contributed by atoms with Crippen LogP contribution in [0.4, 0.5) is 10.5 Å². The van der Waals surface area contributed by atoms with Gasteiger partial charge in [-0.1, -0.05) is 48.4 Å². The number of aliphatic hydroxyl groups is 1. The number of carbonyl (C=O) groups is 1. The van der Waals surface area contributed by atoms with Crippen molar-refractivity contribution < 1.29 is 15.0 Å². The Morgan fingerprint density at radius 1 is 1.05 bits per heavy atom. The van der Waals surface area contributed by atoms with Gasteiger partial charge in [-0.05, 0) is 12.1 Å². The molecule has 0 aliphatic carbocycles. The minimum absolute atomic E-state index is 0.411. The number of benzene rings is 2. The highest BCUT2D eigenvalue weighted by atomic mass is 16.4. The van der Waals surface area contributed by atoms with Crippen molar-refractivity contribution in [2.24, 2.45) is 0 Å². The first kappa shape index (κ1) is 13.7. The Morgan fingerprint density at radius 3 is 2.10 bits per heavy atom. The van der Waals surface area contributed by atoms with Crippen molar-refractivity contribution in [1.29, 1.82) is 0 Å². The number of hydrogen-bond acceptors (Lipinski definition) is 2. The number of amides is 1. The fourth-order valence-corrected chi connectivity index (χ4v) is 1.93. The molecule has 1 atom stereocenters. The van der Waals surface area contributed by atoms with E-state index in [2.05, 4.69) is 11.2 Å². The van der Waals surface area contributed by atoms with Gasteiger partial charge in [0.15, 0.2) is 5.60 Å². The Kier molecular flexibility index (Phi) is 3.74. The predicted molar refractivity (Wildman–Crippen MR) is 76.4 cm³/mol. The summed E-state index contributed by atoms with van der Waals surface area (Å²) < 4.78 is 0. The van der Waals surface area contributed by atoms with E-state index in [0.29, 0.717) is 16.8 Å². The molecule has 0 spiro atoms. The molecule has 0 saturated carbocycles. The van der Waals surface area contributed by atoms with Crippen LogP contribution in [0, 0.1) is 12.3 Å². The zero-order valence-electron chi connectivity index (χ0n) is 10.6. The molecule has 0 aliphatic rings. The van der Waals surface area contributed by atoms with E-state index in [0.717, 1.165) is 0 Å². The van der Waals surface area contributed by atoms with Crippen LogP contribution in [-0.4, -0.2) is 16.3 Å². The lowest BCUT2D eigenvalue weighted by Gasteiger charge is -2.23. The van der Waals surface area contributed by atoms with Crippen LogP contribution in [0.1, 0.15) is 11.1 Å². The minimum Gasteiger partial charge on any atom is -0.465 e. The first-order chi connectivity index (χ1) is 9.56. The highest BCUT2D eigenvalue weighted by Gasteiger charge is 2.28. The van der Waals surface area contributed by atoms with Gasteiger partial charge in [-0.15, -0.1) is 6.42 Å². The molecule has 2 rings (SSSR count). The highest BCUT2D eigenvalue weighted by molar-refractivity contribution is 5.82. The van der Waals surface area contributed by atoms with Gasteiger partial charge >= 0.3 is 6.09 Å². The van der Waals surface area contributed by atoms with Gasteiger partial charge in [-0.3, -0.25) is 5.32 Å². The summed E-state index contributed by atoms with van der Waals surface area (Å²) in [5.74, 6) is 2.39. The number of carboxylic acid groups (broad SMARTS) is 1. The van der Waals surface area contributed by atoms with Crippen LogP contribution in [0.5, 0.6) is 0 Å². The summed E-state index contributed by atoms with van der Waals surface area (Å²) in [7, 11) is 0. The molecule has 0 fully saturated rings. The lowest BCUT2D eigenvalue weighted by atomic mass is 9.87. The summed E-state index contributed by atoms with van der Waals surface area (Å²) >= 11 is 0. The van der Waals surface area contributed by atoms with E-state index in [9.17, 15) is 9.90 Å². The second kappa shape index (κ2) is 5.47. The maximum atomic E-state index is 10.7. The van der Waals surface area contributed by atoms with Crippen molar-refractivity contribution in [2.45, 2.75) is 5.60 Å². The van der Waals surface area contributed by atoms with Crippen LogP contribution in [0.3, 0.4) is 0 Å². The van der Waals surface area contributed by atoms with Gasteiger partial charge < -0.3 is 10.2 Å². The van der Waals surface area contributed by atoms with E-state index in [4.69, 9.17) is 11.5 Å². The molecule has 1 amide bonds. The summed E-state index contributed by atoms with van der Waals surface area (Å²) in [6.07, 6.45) is 4.33. The Bertz CT molecular complexity index is 644. The summed E-state index contributed by atoms with van der Waals surface area (Å²) in [5.41, 5.74) is -0.0412. The SMILES string of the molecule is C#CC(O)(c1ccccc1)c1ccc(NC(=O)O)cc1. The van der Waals surface area contributed by atoms with Crippen molar-refractivity contribution in [2.75, 3.05) is 5.32 Å². The quantitative estimate of drug-likeness (QED) is 0.749. The molecule has 20 heavy (non-hydrogen) atoms. The molecule has 0 radical (unpaired) electrons. The molecule has 4 nitrogen and oxygen atoms in total. The van der Waals surface area contributed by atoms with Gasteiger partial charge in [-0.2, -0.15) is 0 Å². The molecule has 100 valence electrons. The van der Waals surface area contributed by atoms with E-state index >= 15 is 0 Å². The molecule has 2 aromatic carbocycles. The van der Waals surface area contributed by atoms with Gasteiger partial charge in [0, 0.05) is 16.8 Å². The van der Waals surface area contributed by atoms with Crippen molar-refractivity contribution >= 4 is 11.8 Å². The van der Waals surface area contributed by atoms with Crippen molar-refractivity contribution in [3.8, 4) is 12.3 Å². The molecule has 0 bridgehead atoms. The molecule has 2 aromatic rings. The third-order valence-corrected chi connectivity index (χ3v) is 2.95. The summed E-state index contributed by atoms with van der Waals surface area (Å²) in [6.45, 7) is 0. The van der Waals surface area contributed by atoms with Crippen LogP contribution in [0.25, 0.3) is 0 Å². The summed E-state index contributed by atoms with van der Waals surface area (Å²) in [4.78, 5) is 10.5. The second-order valence-electron chi connectivity index (χ2n) is 4.23. The Balaban J connectivity index is 2.38. The van der Waals surface area contributed by atoms with Crippen LogP contribution in [0.15, 0.2) is 54.6 Å². The van der Waals surface area contributed by atoms with Gasteiger partial charge in [0.1, 0.15) is 0 Å². The summed E-state index contributed by atoms with van der Waals surface area (Å²) in [5, 5.41) is 21.5. The van der Waals surface area contributed by atoms with Gasteiger partial charge in [0.05, 0.1) is 0 Å². The highest BCUT2D eigenvalue weighted by Crippen LogP contribution is 2.29. The third kappa shape index (κ3) is 2.63. The van der Waals surface area contributed by atoms with Crippen LogP contribution >= 0.6 is 0 Å². The number of terminal acetylenes is 1. The predicted octanol–water partition coefficient (Wildman–Crippen LogP) is 2.65. The zero-order valence-corrected chi connectivity index (χ0v) is 10.6. The van der Waals surface area contributed by atoms with Crippen LogP contribution < -0.4 is 5.32 Å². The van der Waals surface area contributed by atoms with Crippen molar-refractivity contribution in [3.63, 3.8) is 0 Å². The maximum absolute atomic E-state index is 10.7. The lowest BCUT2D eigenvalue weighted by Crippen LogP contribution is -2.24. The molecule has 0 heterocycles. The molecule has 0 saturated heterocycles. The first-order valence-electron chi connectivity index (χ1n) is 5.92. The van der Waals surface area contributed by atoms with E-state index in [-0.39, 0.29) is 0 Å². The normalized spacial score (nSPS) is 13.0. The topological polar surface area (TPSA) is 69.6 Å². The van der Waals surface area contributed by atoms with Crippen LogP contribution in [-0.2, 0) is 5.60 Å². The molecule has 1 unspecified atom stereocenters. The number of anilines is 1. The van der Waals surface area contributed by atoms with Crippen molar-refractivity contribution in [3.05, 3.63) is 65.7 Å². The average Bonchev–Trinajstić information content (AvgIpc) is 2.47. The Morgan fingerprint density at radius 2 is 1.60 bits per heavy atom. The van der Waals surface area contributed by atoms with Gasteiger partial charge in [-0.25, -0.2) is 4.79 Å². The molecular weight excluding hydrogens is 254 g/mol. The van der Waals surface area contributed by atoms with Gasteiger partial charge in [0.2, 0.25) is 0 Å². The fraction of sp³-hybridized carbons (Fsp3) is 0.0625. The van der Waals surface area contributed by atoms with E-state index < -0.39 is 11.7 Å². The van der Waals surface area contributed by atoms with Crippen LogP contribution in [0.2, 0.25) is 0 Å². The lowest BCUT2D eigenvalue weighted by molar-refractivity contribution is 0.145. The van der Waals surface area contributed by atoms with Gasteiger partial charge in [0.25, 0.3) is 0 Å². The number of hydrogen-bond donors (Lipinski definition) is 3. The fourth-order valence-electron chi connectivity index (χ4n) is 1.93. The smallest absolute Gasteiger partial charge is 0.409 e. The largest absolute Gasteiger partial charge is 0.465 e. The van der Waals surface area contributed by atoms with Crippen molar-refractivity contribution in [1.82, 2.24) is 0 Å². The zero-order chi connectivity index (χ0) is 14.6. The molecule has 0 aromatic heterocycles. The molecule has 0 aliphatic heterocycles. The molecular formula is C16H13NO3. The standard InChI is InChI=1S/C16H13NO3/c1-2-16(20,12-6-4-3-5-7-12)13-8-10-14(11-9-13)17-15(18)19/h1,3-11,17,20H,(H,18,19). The Hall–Kier alpha value is -2.77. The van der Waals surface area contributed by atoms with E-state index in [1.54, 1.807) is 48.5 Å². The monoisotopic (exact) mass is 267 g/mol. The maximum Gasteiger partial charge on any atom is 0.409 e. The summed E-state index contributed by atoms with van der Waals surface area (Å²) in [6, 6.07) is 15.2. The van der Waals surface area contributed by atoms with E-state index in [1.165, 1.54) is 0 Å². The number of rotatable bonds is 3. The first-order valence-corrected chi connectivity index (χ1v) is 5.92. The minimum atomic E-state index is -1.54. The Labute approximate surface area is 116 Å². The molecule has 4 heteroatoms. The van der Waals surface area contributed by atoms with E-state index in [1.807, 2.05) is 6.07 Å². The average molecular weight is 267 g/mol. The second-order valence-corrected chi connectivity index (χ2v) is 4.23.